The van der Waals surface area contributed by atoms with Gasteiger partial charge >= 0.3 is 6.09 Å². The van der Waals surface area contributed by atoms with Crippen molar-refractivity contribution in [2.24, 2.45) is 0 Å². The number of phenolic OH excluding ortho intramolecular Hbond substituents is 1. The highest BCUT2D eigenvalue weighted by molar-refractivity contribution is 5.91. The lowest BCUT2D eigenvalue weighted by molar-refractivity contribution is -0.122. The van der Waals surface area contributed by atoms with Crippen molar-refractivity contribution in [2.75, 3.05) is 11.9 Å². The number of benzene rings is 2. The molecule has 0 bridgehead atoms. The van der Waals surface area contributed by atoms with Crippen LogP contribution in [0.2, 0.25) is 0 Å². The van der Waals surface area contributed by atoms with Gasteiger partial charge in [-0.1, -0.05) is 30.3 Å². The molecule has 0 radical (unpaired) electrons. The summed E-state index contributed by atoms with van der Waals surface area (Å²) in [6, 6.07) is 15.1. The predicted molar refractivity (Wildman–Crippen MR) is 82.5 cm³/mol. The Bertz CT molecular complexity index is 643. The number of nitrogens with one attached hydrogen (secondary N) is 2. The molecule has 0 aromatic heterocycles. The number of carbonyl (C=O) groups is 2. The van der Waals surface area contributed by atoms with Gasteiger partial charge in [0.25, 0.3) is 5.91 Å². The van der Waals surface area contributed by atoms with Gasteiger partial charge in [0.1, 0.15) is 12.4 Å². The molecule has 0 heterocycles. The van der Waals surface area contributed by atoms with Crippen LogP contribution in [0.15, 0.2) is 54.6 Å². The first kappa shape index (κ1) is 16.3. The van der Waals surface area contributed by atoms with Crippen LogP contribution in [0.25, 0.3) is 0 Å². The van der Waals surface area contributed by atoms with E-state index in [1.165, 1.54) is 24.3 Å². The molecule has 0 aliphatic rings. The van der Waals surface area contributed by atoms with Crippen LogP contribution >= 0.6 is 0 Å². The number of aromatic hydroxyl groups is 1. The fourth-order valence-electron chi connectivity index (χ4n) is 1.65. The molecule has 0 spiro atoms. The van der Waals surface area contributed by atoms with Crippen molar-refractivity contribution in [1.82, 2.24) is 5.48 Å². The maximum Gasteiger partial charge on any atom is 0.431 e. The largest absolute Gasteiger partial charge is 0.508 e. The first-order valence-electron chi connectivity index (χ1n) is 6.81. The van der Waals surface area contributed by atoms with E-state index < -0.39 is 12.0 Å². The van der Waals surface area contributed by atoms with Crippen LogP contribution in [0.5, 0.6) is 5.75 Å². The molecule has 7 heteroatoms. The van der Waals surface area contributed by atoms with Gasteiger partial charge in [-0.25, -0.2) is 4.79 Å². The lowest BCUT2D eigenvalue weighted by Gasteiger charge is -2.08. The molecule has 7 nitrogen and oxygen atoms in total. The standard InChI is InChI=1S/C16H16N2O5/c19-14-8-6-13(7-9-14)17-15(20)11-23-18-16(21)22-10-12-4-2-1-3-5-12/h1-9,19H,10-11H2,(H,17,20)(H,18,21). The van der Waals surface area contributed by atoms with Crippen LogP contribution in [0.4, 0.5) is 10.5 Å². The highest BCUT2D eigenvalue weighted by Crippen LogP contribution is 2.13. The maximum absolute atomic E-state index is 11.6. The van der Waals surface area contributed by atoms with Gasteiger partial charge < -0.3 is 15.2 Å². The highest BCUT2D eigenvalue weighted by Gasteiger charge is 2.06. The van der Waals surface area contributed by atoms with Crippen molar-refractivity contribution in [3.8, 4) is 5.75 Å². The second-order valence-electron chi connectivity index (χ2n) is 4.55. The molecule has 120 valence electrons. The molecule has 0 fully saturated rings. The Balaban J connectivity index is 1.63. The van der Waals surface area contributed by atoms with E-state index in [9.17, 15) is 9.59 Å². The summed E-state index contributed by atoms with van der Waals surface area (Å²) in [5.41, 5.74) is 3.36. The van der Waals surface area contributed by atoms with Crippen LogP contribution in [0.3, 0.4) is 0 Å². The normalized spacial score (nSPS) is 9.91. The molecule has 0 unspecified atom stereocenters. The molecule has 2 aromatic rings. The van der Waals surface area contributed by atoms with E-state index in [1.807, 2.05) is 35.8 Å². The molecule has 2 rings (SSSR count). The Morgan fingerprint density at radius 2 is 1.70 bits per heavy atom. The zero-order valence-corrected chi connectivity index (χ0v) is 12.2. The fourth-order valence-corrected chi connectivity index (χ4v) is 1.65. The number of rotatable bonds is 6. The first-order chi connectivity index (χ1) is 11.1. The minimum Gasteiger partial charge on any atom is -0.508 e. The Morgan fingerprint density at radius 1 is 1.00 bits per heavy atom. The number of hydrogen-bond donors (Lipinski definition) is 3. The third kappa shape index (κ3) is 6.06. The van der Waals surface area contributed by atoms with Crippen LogP contribution in [0, 0.1) is 0 Å². The van der Waals surface area contributed by atoms with Gasteiger partial charge in [-0.15, -0.1) is 0 Å². The molecule has 0 aliphatic carbocycles. The zero-order chi connectivity index (χ0) is 16.5. The quantitative estimate of drug-likeness (QED) is 0.561. The van der Waals surface area contributed by atoms with Gasteiger partial charge in [-0.3, -0.25) is 9.63 Å². The number of hydrogen-bond acceptors (Lipinski definition) is 5. The Hall–Kier alpha value is -3.06. The predicted octanol–water partition coefficient (Wildman–Crippen LogP) is 2.19. The molecule has 3 N–H and O–H groups in total. The monoisotopic (exact) mass is 316 g/mol. The minimum atomic E-state index is -0.786. The summed E-state index contributed by atoms with van der Waals surface area (Å²) in [5.74, 6) is -0.360. The number of anilines is 1. The molecule has 23 heavy (non-hydrogen) atoms. The number of amides is 2. The van der Waals surface area contributed by atoms with E-state index in [1.54, 1.807) is 0 Å². The second kappa shape index (κ2) is 8.40. The fraction of sp³-hybridized carbons (Fsp3) is 0.125. The first-order valence-corrected chi connectivity index (χ1v) is 6.81. The third-order valence-electron chi connectivity index (χ3n) is 2.72. The number of hydroxylamine groups is 1. The van der Waals surface area contributed by atoms with Crippen LogP contribution in [0.1, 0.15) is 5.56 Å². The molecule has 2 amide bonds. The number of carbonyl (C=O) groups excluding carboxylic acids is 2. The highest BCUT2D eigenvalue weighted by atomic mass is 16.7. The lowest BCUT2D eigenvalue weighted by Crippen LogP contribution is -2.29. The summed E-state index contributed by atoms with van der Waals surface area (Å²) in [4.78, 5) is 27.7. The molecule has 0 saturated carbocycles. The number of phenols is 1. The summed E-state index contributed by atoms with van der Waals surface area (Å²) in [6.45, 7) is -0.267. The summed E-state index contributed by atoms with van der Waals surface area (Å²) in [5, 5.41) is 11.7. The molecule has 2 aromatic carbocycles. The van der Waals surface area contributed by atoms with Crippen LogP contribution < -0.4 is 10.8 Å². The van der Waals surface area contributed by atoms with Crippen molar-refractivity contribution < 1.29 is 24.3 Å². The Morgan fingerprint density at radius 3 is 2.39 bits per heavy atom. The average molecular weight is 316 g/mol. The maximum atomic E-state index is 11.6. The van der Waals surface area contributed by atoms with Gasteiger partial charge in [0, 0.05) is 5.69 Å². The topological polar surface area (TPSA) is 96.9 Å². The minimum absolute atomic E-state index is 0.0991. The second-order valence-corrected chi connectivity index (χ2v) is 4.55. The van der Waals surface area contributed by atoms with Gasteiger partial charge in [0.15, 0.2) is 6.61 Å². The molecule has 0 saturated heterocycles. The lowest BCUT2D eigenvalue weighted by atomic mass is 10.2. The summed E-state index contributed by atoms with van der Waals surface area (Å²) in [7, 11) is 0. The molecule has 0 atom stereocenters. The molecular weight excluding hydrogens is 300 g/mol. The van der Waals surface area contributed by atoms with Crippen LogP contribution in [-0.4, -0.2) is 23.7 Å². The smallest absolute Gasteiger partial charge is 0.431 e. The summed E-state index contributed by atoms with van der Waals surface area (Å²) < 4.78 is 4.91. The van der Waals surface area contributed by atoms with Crippen molar-refractivity contribution >= 4 is 17.7 Å². The molecular formula is C16H16N2O5. The van der Waals surface area contributed by atoms with E-state index in [0.717, 1.165) is 5.56 Å². The Labute approximate surface area is 132 Å². The summed E-state index contributed by atoms with van der Waals surface area (Å²) in [6.07, 6.45) is -0.786. The summed E-state index contributed by atoms with van der Waals surface area (Å²) >= 11 is 0. The van der Waals surface area contributed by atoms with E-state index >= 15 is 0 Å². The third-order valence-corrected chi connectivity index (χ3v) is 2.72. The van der Waals surface area contributed by atoms with Crippen molar-refractivity contribution in [3.05, 3.63) is 60.2 Å². The van der Waals surface area contributed by atoms with E-state index in [2.05, 4.69) is 5.32 Å². The van der Waals surface area contributed by atoms with E-state index in [-0.39, 0.29) is 19.0 Å². The zero-order valence-electron chi connectivity index (χ0n) is 12.2. The van der Waals surface area contributed by atoms with Crippen molar-refractivity contribution in [2.45, 2.75) is 6.61 Å². The SMILES string of the molecule is O=C(CONC(=O)OCc1ccccc1)Nc1ccc(O)cc1. The van der Waals surface area contributed by atoms with Crippen molar-refractivity contribution in [3.63, 3.8) is 0 Å². The van der Waals surface area contributed by atoms with Gasteiger partial charge in [-0.05, 0) is 29.8 Å². The number of ether oxygens (including phenoxy) is 1. The Kier molecular flexibility index (Phi) is 5.96. The van der Waals surface area contributed by atoms with Crippen molar-refractivity contribution in [1.29, 1.82) is 0 Å². The van der Waals surface area contributed by atoms with E-state index in [4.69, 9.17) is 14.7 Å². The van der Waals surface area contributed by atoms with E-state index in [0.29, 0.717) is 5.69 Å². The van der Waals surface area contributed by atoms with Crippen LogP contribution in [-0.2, 0) is 21.0 Å². The average Bonchev–Trinajstić information content (AvgIpc) is 2.56. The van der Waals surface area contributed by atoms with Gasteiger partial charge in [-0.2, -0.15) is 5.48 Å². The van der Waals surface area contributed by atoms with Gasteiger partial charge in [0.05, 0.1) is 0 Å². The molecule has 0 aliphatic heterocycles. The van der Waals surface area contributed by atoms with Gasteiger partial charge in [0.2, 0.25) is 0 Å².